The molecule has 1 aliphatic carbocycles. The molecule has 82 valence electrons. The zero-order chi connectivity index (χ0) is 10.7. The number of hydrogen-bond donors (Lipinski definition) is 1. The molecule has 0 unspecified atom stereocenters. The van der Waals surface area contributed by atoms with Crippen molar-refractivity contribution in [3.05, 3.63) is 28.8 Å². The molecule has 2 heteroatoms. The van der Waals surface area contributed by atoms with E-state index in [0.29, 0.717) is 0 Å². The lowest BCUT2D eigenvalue weighted by atomic mass is 10.1. The number of anilines is 1. The summed E-state index contributed by atoms with van der Waals surface area (Å²) in [4.78, 5) is 0. The quantitative estimate of drug-likeness (QED) is 0.808. The highest BCUT2D eigenvalue weighted by Crippen LogP contribution is 2.26. The summed E-state index contributed by atoms with van der Waals surface area (Å²) in [6.45, 7) is 3.22. The number of aryl methyl sites for hydroxylation is 1. The minimum atomic E-state index is 0.814. The van der Waals surface area contributed by atoms with Crippen molar-refractivity contribution in [1.29, 1.82) is 0 Å². The van der Waals surface area contributed by atoms with E-state index in [-0.39, 0.29) is 0 Å². The number of benzene rings is 1. The third-order valence-electron chi connectivity index (χ3n) is 3.26. The van der Waals surface area contributed by atoms with E-state index in [1.807, 2.05) is 12.1 Å². The first-order valence-electron chi connectivity index (χ1n) is 5.76. The fraction of sp³-hybridized carbons (Fsp3) is 0.538. The summed E-state index contributed by atoms with van der Waals surface area (Å²) in [5.41, 5.74) is 2.46. The van der Waals surface area contributed by atoms with Gasteiger partial charge < -0.3 is 5.32 Å². The van der Waals surface area contributed by atoms with E-state index in [9.17, 15) is 0 Å². The van der Waals surface area contributed by atoms with Crippen molar-refractivity contribution in [1.82, 2.24) is 0 Å². The number of rotatable bonds is 3. The lowest BCUT2D eigenvalue weighted by Gasteiger charge is -2.13. The normalized spacial score (nSPS) is 16.9. The Morgan fingerprint density at radius 2 is 2.07 bits per heavy atom. The van der Waals surface area contributed by atoms with Gasteiger partial charge in [0.15, 0.2) is 0 Å². The molecule has 0 amide bonds. The monoisotopic (exact) mass is 223 g/mol. The minimum Gasteiger partial charge on any atom is -0.385 e. The van der Waals surface area contributed by atoms with E-state index in [4.69, 9.17) is 11.6 Å². The van der Waals surface area contributed by atoms with Crippen LogP contribution in [0.1, 0.15) is 31.2 Å². The summed E-state index contributed by atoms with van der Waals surface area (Å²) in [5, 5.41) is 4.33. The molecule has 1 N–H and O–H groups in total. The molecule has 1 fully saturated rings. The maximum Gasteiger partial charge on any atom is 0.0426 e. The first-order chi connectivity index (χ1) is 7.25. The fourth-order valence-electron chi connectivity index (χ4n) is 2.25. The van der Waals surface area contributed by atoms with Crippen molar-refractivity contribution >= 4 is 17.3 Å². The van der Waals surface area contributed by atoms with Crippen molar-refractivity contribution in [3.8, 4) is 0 Å². The Morgan fingerprint density at radius 3 is 2.80 bits per heavy atom. The van der Waals surface area contributed by atoms with Crippen LogP contribution in [-0.2, 0) is 0 Å². The number of hydrogen-bond acceptors (Lipinski definition) is 1. The second-order valence-corrected chi connectivity index (χ2v) is 4.93. The van der Waals surface area contributed by atoms with E-state index in [2.05, 4.69) is 18.3 Å². The second-order valence-electron chi connectivity index (χ2n) is 4.49. The van der Waals surface area contributed by atoms with Crippen molar-refractivity contribution < 1.29 is 0 Å². The lowest BCUT2D eigenvalue weighted by molar-refractivity contribution is 0.580. The van der Waals surface area contributed by atoms with Gasteiger partial charge in [-0.25, -0.2) is 0 Å². The van der Waals surface area contributed by atoms with E-state index in [1.165, 1.54) is 36.9 Å². The maximum absolute atomic E-state index is 5.97. The fourth-order valence-corrected chi connectivity index (χ4v) is 2.43. The smallest absolute Gasteiger partial charge is 0.0426 e. The van der Waals surface area contributed by atoms with Crippen LogP contribution >= 0.6 is 11.6 Å². The van der Waals surface area contributed by atoms with Gasteiger partial charge in [-0.3, -0.25) is 0 Å². The average molecular weight is 224 g/mol. The molecule has 0 radical (unpaired) electrons. The van der Waals surface area contributed by atoms with Gasteiger partial charge in [0.05, 0.1) is 0 Å². The van der Waals surface area contributed by atoms with Crippen LogP contribution in [0.2, 0.25) is 5.02 Å². The zero-order valence-electron chi connectivity index (χ0n) is 9.22. The van der Waals surface area contributed by atoms with E-state index >= 15 is 0 Å². The molecule has 1 aromatic rings. The molecule has 0 aromatic heterocycles. The van der Waals surface area contributed by atoms with Gasteiger partial charge in [-0.05, 0) is 43.4 Å². The van der Waals surface area contributed by atoms with Crippen LogP contribution in [0.25, 0.3) is 0 Å². The Hall–Kier alpha value is -0.690. The molecule has 0 aliphatic heterocycles. The maximum atomic E-state index is 5.97. The predicted molar refractivity (Wildman–Crippen MR) is 66.6 cm³/mol. The third kappa shape index (κ3) is 2.88. The van der Waals surface area contributed by atoms with Crippen LogP contribution in [0.15, 0.2) is 18.2 Å². The predicted octanol–water partition coefficient (Wildman–Crippen LogP) is 4.25. The second kappa shape index (κ2) is 4.89. The van der Waals surface area contributed by atoms with Gasteiger partial charge >= 0.3 is 0 Å². The average Bonchev–Trinajstić information content (AvgIpc) is 2.72. The third-order valence-corrected chi connectivity index (χ3v) is 3.49. The van der Waals surface area contributed by atoms with Gasteiger partial charge in [0.1, 0.15) is 0 Å². The molecule has 0 saturated heterocycles. The molecule has 2 rings (SSSR count). The van der Waals surface area contributed by atoms with Crippen LogP contribution in [0, 0.1) is 12.8 Å². The summed E-state index contributed by atoms with van der Waals surface area (Å²) in [5.74, 6) is 0.864. The highest BCUT2D eigenvalue weighted by Gasteiger charge is 2.14. The Labute approximate surface area is 96.8 Å². The molecule has 1 aromatic carbocycles. The van der Waals surface area contributed by atoms with E-state index in [1.54, 1.807) is 0 Å². The van der Waals surface area contributed by atoms with Gasteiger partial charge in [-0.15, -0.1) is 0 Å². The van der Waals surface area contributed by atoms with Crippen LogP contribution in [0.4, 0.5) is 5.69 Å². The summed E-state index contributed by atoms with van der Waals surface area (Å²) in [6, 6.07) is 6.03. The van der Waals surface area contributed by atoms with Gasteiger partial charge in [0.25, 0.3) is 0 Å². The van der Waals surface area contributed by atoms with Crippen LogP contribution in [0.5, 0.6) is 0 Å². The topological polar surface area (TPSA) is 12.0 Å². The molecule has 15 heavy (non-hydrogen) atoms. The molecule has 0 spiro atoms. The Kier molecular flexibility index (Phi) is 3.53. The van der Waals surface area contributed by atoms with E-state index in [0.717, 1.165) is 17.5 Å². The Balaban J connectivity index is 1.94. The molecular weight excluding hydrogens is 206 g/mol. The SMILES string of the molecule is Cc1ccc(Cl)cc1NCC1CCCC1. The van der Waals surface area contributed by atoms with Gasteiger partial charge in [-0.1, -0.05) is 30.5 Å². The summed E-state index contributed by atoms with van der Waals surface area (Å²) >= 11 is 5.97. The standard InChI is InChI=1S/C13H18ClN/c1-10-6-7-12(14)8-13(10)15-9-11-4-2-3-5-11/h6-8,11,15H,2-5,9H2,1H3. The Morgan fingerprint density at radius 1 is 1.33 bits per heavy atom. The van der Waals surface area contributed by atoms with Gasteiger partial charge in [-0.2, -0.15) is 0 Å². The largest absolute Gasteiger partial charge is 0.385 e. The molecule has 1 aliphatic rings. The van der Waals surface area contributed by atoms with Crippen molar-refractivity contribution in [2.24, 2.45) is 5.92 Å². The zero-order valence-corrected chi connectivity index (χ0v) is 9.98. The molecule has 1 nitrogen and oxygen atoms in total. The molecule has 0 atom stereocenters. The van der Waals surface area contributed by atoms with Crippen LogP contribution in [-0.4, -0.2) is 6.54 Å². The molecular formula is C13H18ClN. The number of halogens is 1. The number of nitrogens with one attached hydrogen (secondary N) is 1. The van der Waals surface area contributed by atoms with Crippen LogP contribution in [0.3, 0.4) is 0 Å². The summed E-state index contributed by atoms with van der Waals surface area (Å²) in [6.07, 6.45) is 5.57. The summed E-state index contributed by atoms with van der Waals surface area (Å²) in [7, 11) is 0. The molecule has 0 bridgehead atoms. The van der Waals surface area contributed by atoms with Crippen molar-refractivity contribution in [3.63, 3.8) is 0 Å². The van der Waals surface area contributed by atoms with Gasteiger partial charge in [0, 0.05) is 17.3 Å². The highest BCUT2D eigenvalue weighted by atomic mass is 35.5. The first kappa shape index (κ1) is 10.8. The Bertz CT molecular complexity index is 329. The first-order valence-corrected chi connectivity index (χ1v) is 6.13. The van der Waals surface area contributed by atoms with Crippen molar-refractivity contribution in [2.45, 2.75) is 32.6 Å². The van der Waals surface area contributed by atoms with Crippen molar-refractivity contribution in [2.75, 3.05) is 11.9 Å². The van der Waals surface area contributed by atoms with Crippen LogP contribution < -0.4 is 5.32 Å². The van der Waals surface area contributed by atoms with E-state index < -0.39 is 0 Å². The molecule has 1 saturated carbocycles. The minimum absolute atomic E-state index is 0.814. The molecule has 0 heterocycles. The highest BCUT2D eigenvalue weighted by molar-refractivity contribution is 6.30. The summed E-state index contributed by atoms with van der Waals surface area (Å²) < 4.78 is 0. The lowest BCUT2D eigenvalue weighted by Crippen LogP contribution is -2.11. The van der Waals surface area contributed by atoms with Gasteiger partial charge in [0.2, 0.25) is 0 Å².